The minimum absolute atomic E-state index is 0.0266. The Kier molecular flexibility index (Phi) is 4.35. The van der Waals surface area contributed by atoms with Gasteiger partial charge in [-0.2, -0.15) is 0 Å². The molecule has 1 aromatic rings. The molecule has 88 valence electrons. The lowest BCUT2D eigenvalue weighted by molar-refractivity contribution is -0.119. The van der Waals surface area contributed by atoms with Crippen molar-refractivity contribution in [3.8, 4) is 0 Å². The molecule has 0 unspecified atom stereocenters. The largest absolute Gasteiger partial charge is 0.376 e. The number of para-hydroxylation sites is 1. The van der Waals surface area contributed by atoms with Crippen molar-refractivity contribution in [2.24, 2.45) is 5.41 Å². The van der Waals surface area contributed by atoms with Gasteiger partial charge in [0.15, 0.2) is 0 Å². The van der Waals surface area contributed by atoms with Crippen LogP contribution in [0, 0.1) is 5.41 Å². The Balaban J connectivity index is 2.26. The van der Waals surface area contributed by atoms with E-state index in [4.69, 9.17) is 0 Å². The summed E-state index contributed by atoms with van der Waals surface area (Å²) in [7, 11) is 0. The maximum Gasteiger partial charge on any atom is 0.239 e. The van der Waals surface area contributed by atoms with E-state index in [1.54, 1.807) is 0 Å². The Morgan fingerprint density at radius 2 is 1.81 bits per heavy atom. The van der Waals surface area contributed by atoms with E-state index < -0.39 is 0 Å². The number of hydrogen-bond acceptors (Lipinski definition) is 2. The number of rotatable bonds is 4. The molecule has 0 aliphatic heterocycles. The topological polar surface area (TPSA) is 41.1 Å². The third-order valence-electron chi connectivity index (χ3n) is 2.04. The molecule has 16 heavy (non-hydrogen) atoms. The number of amides is 1. The Bertz CT molecular complexity index is 328. The molecule has 0 saturated heterocycles. The molecule has 0 aliphatic carbocycles. The van der Waals surface area contributed by atoms with Crippen LogP contribution >= 0.6 is 0 Å². The molecule has 0 spiro atoms. The first-order chi connectivity index (χ1) is 7.47. The molecule has 3 nitrogen and oxygen atoms in total. The number of carbonyl (C=O) groups excluding carboxylic acids is 1. The van der Waals surface area contributed by atoms with E-state index in [-0.39, 0.29) is 11.3 Å². The fourth-order valence-corrected chi connectivity index (χ4v) is 1.16. The van der Waals surface area contributed by atoms with E-state index in [2.05, 4.69) is 31.4 Å². The molecule has 1 rings (SSSR count). The summed E-state index contributed by atoms with van der Waals surface area (Å²) in [5.74, 6) is 0.0266. The number of carbonyl (C=O) groups is 1. The zero-order valence-corrected chi connectivity index (χ0v) is 10.2. The Morgan fingerprint density at radius 1 is 1.19 bits per heavy atom. The summed E-state index contributed by atoms with van der Waals surface area (Å²) in [6, 6.07) is 9.71. The van der Waals surface area contributed by atoms with E-state index in [0.717, 1.165) is 5.69 Å². The van der Waals surface area contributed by atoms with Gasteiger partial charge in [-0.15, -0.1) is 0 Å². The Labute approximate surface area is 97.2 Å². The highest BCUT2D eigenvalue weighted by Crippen LogP contribution is 2.10. The molecular formula is C13H20N2O. The van der Waals surface area contributed by atoms with E-state index in [9.17, 15) is 4.79 Å². The molecular weight excluding hydrogens is 200 g/mol. The van der Waals surface area contributed by atoms with Gasteiger partial charge in [0.2, 0.25) is 5.91 Å². The smallest absolute Gasteiger partial charge is 0.239 e. The molecule has 0 heterocycles. The van der Waals surface area contributed by atoms with Crippen LogP contribution in [0.15, 0.2) is 30.3 Å². The van der Waals surface area contributed by atoms with Crippen LogP contribution in [-0.2, 0) is 4.79 Å². The zero-order valence-electron chi connectivity index (χ0n) is 10.2. The fourth-order valence-electron chi connectivity index (χ4n) is 1.16. The number of anilines is 1. The summed E-state index contributed by atoms with van der Waals surface area (Å²) in [5.41, 5.74) is 1.09. The Morgan fingerprint density at radius 3 is 2.38 bits per heavy atom. The molecule has 1 aromatic carbocycles. The number of hydrogen-bond donors (Lipinski definition) is 2. The maximum atomic E-state index is 11.5. The quantitative estimate of drug-likeness (QED) is 0.817. The molecule has 1 amide bonds. The molecule has 0 aliphatic rings. The average molecular weight is 220 g/mol. The van der Waals surface area contributed by atoms with Crippen LogP contribution in [0.2, 0.25) is 0 Å². The summed E-state index contributed by atoms with van der Waals surface area (Å²) in [4.78, 5) is 11.5. The van der Waals surface area contributed by atoms with Gasteiger partial charge in [0.25, 0.3) is 0 Å². The third kappa shape index (κ3) is 5.39. The van der Waals surface area contributed by atoms with Crippen molar-refractivity contribution >= 4 is 11.6 Å². The predicted molar refractivity (Wildman–Crippen MR) is 67.4 cm³/mol. The summed E-state index contributed by atoms with van der Waals surface area (Å²) < 4.78 is 0. The van der Waals surface area contributed by atoms with E-state index >= 15 is 0 Å². The van der Waals surface area contributed by atoms with Gasteiger partial charge in [-0.05, 0) is 17.5 Å². The van der Waals surface area contributed by atoms with Gasteiger partial charge in [-0.25, -0.2) is 0 Å². The molecule has 0 fully saturated rings. The first-order valence-electron chi connectivity index (χ1n) is 5.53. The van der Waals surface area contributed by atoms with Crippen molar-refractivity contribution in [1.29, 1.82) is 0 Å². The first kappa shape index (κ1) is 12.6. The second-order valence-electron chi connectivity index (χ2n) is 5.06. The van der Waals surface area contributed by atoms with Crippen LogP contribution in [0.3, 0.4) is 0 Å². The van der Waals surface area contributed by atoms with E-state index in [1.807, 2.05) is 30.3 Å². The SMILES string of the molecule is CC(C)(C)CNC(=O)CNc1ccccc1. The van der Waals surface area contributed by atoms with Gasteiger partial charge in [-0.1, -0.05) is 39.0 Å². The minimum Gasteiger partial charge on any atom is -0.376 e. The van der Waals surface area contributed by atoms with Crippen LogP contribution in [-0.4, -0.2) is 19.0 Å². The van der Waals surface area contributed by atoms with Crippen molar-refractivity contribution in [3.05, 3.63) is 30.3 Å². The van der Waals surface area contributed by atoms with Gasteiger partial charge in [-0.3, -0.25) is 4.79 Å². The van der Waals surface area contributed by atoms with Gasteiger partial charge in [0.1, 0.15) is 0 Å². The monoisotopic (exact) mass is 220 g/mol. The fraction of sp³-hybridized carbons (Fsp3) is 0.462. The highest BCUT2D eigenvalue weighted by atomic mass is 16.1. The van der Waals surface area contributed by atoms with E-state index in [1.165, 1.54) is 0 Å². The van der Waals surface area contributed by atoms with Crippen molar-refractivity contribution in [2.75, 3.05) is 18.4 Å². The standard InChI is InChI=1S/C13H20N2O/c1-13(2,3)10-15-12(16)9-14-11-7-5-4-6-8-11/h4-8,14H,9-10H2,1-3H3,(H,15,16). The van der Waals surface area contributed by atoms with Crippen LogP contribution in [0.25, 0.3) is 0 Å². The summed E-state index contributed by atoms with van der Waals surface area (Å²) in [5, 5.41) is 5.96. The lowest BCUT2D eigenvalue weighted by Crippen LogP contribution is -2.35. The molecule has 0 atom stereocenters. The highest BCUT2D eigenvalue weighted by Gasteiger charge is 2.11. The first-order valence-corrected chi connectivity index (χ1v) is 5.53. The van der Waals surface area contributed by atoms with Gasteiger partial charge in [0.05, 0.1) is 6.54 Å². The predicted octanol–water partition coefficient (Wildman–Crippen LogP) is 2.26. The lowest BCUT2D eigenvalue weighted by Gasteiger charge is -2.18. The van der Waals surface area contributed by atoms with Gasteiger partial charge >= 0.3 is 0 Å². The lowest BCUT2D eigenvalue weighted by atomic mass is 9.97. The zero-order chi connectivity index (χ0) is 12.0. The van der Waals surface area contributed by atoms with Crippen molar-refractivity contribution < 1.29 is 4.79 Å². The minimum atomic E-state index is 0.0266. The summed E-state index contributed by atoms with van der Waals surface area (Å²) in [6.45, 7) is 7.30. The summed E-state index contributed by atoms with van der Waals surface area (Å²) >= 11 is 0. The van der Waals surface area contributed by atoms with Crippen molar-refractivity contribution in [2.45, 2.75) is 20.8 Å². The number of benzene rings is 1. The molecule has 3 heteroatoms. The molecule has 0 saturated carbocycles. The maximum absolute atomic E-state index is 11.5. The van der Waals surface area contributed by atoms with Crippen LogP contribution in [0.1, 0.15) is 20.8 Å². The Hall–Kier alpha value is -1.51. The highest BCUT2D eigenvalue weighted by molar-refractivity contribution is 5.80. The van der Waals surface area contributed by atoms with Crippen molar-refractivity contribution in [1.82, 2.24) is 5.32 Å². The van der Waals surface area contributed by atoms with Gasteiger partial charge in [0, 0.05) is 12.2 Å². The molecule has 0 bridgehead atoms. The van der Waals surface area contributed by atoms with Crippen molar-refractivity contribution in [3.63, 3.8) is 0 Å². The normalized spacial score (nSPS) is 10.9. The summed E-state index contributed by atoms with van der Waals surface area (Å²) in [6.07, 6.45) is 0. The second-order valence-corrected chi connectivity index (χ2v) is 5.06. The second kappa shape index (κ2) is 5.54. The molecule has 0 radical (unpaired) electrons. The molecule has 2 N–H and O–H groups in total. The van der Waals surface area contributed by atoms with E-state index in [0.29, 0.717) is 13.1 Å². The van der Waals surface area contributed by atoms with Gasteiger partial charge < -0.3 is 10.6 Å². The van der Waals surface area contributed by atoms with Crippen LogP contribution in [0.4, 0.5) is 5.69 Å². The average Bonchev–Trinajstić information content (AvgIpc) is 2.24. The number of nitrogens with one attached hydrogen (secondary N) is 2. The molecule has 0 aromatic heterocycles. The van der Waals surface area contributed by atoms with Crippen LogP contribution in [0.5, 0.6) is 0 Å². The third-order valence-corrected chi connectivity index (χ3v) is 2.04. The van der Waals surface area contributed by atoms with Crippen LogP contribution < -0.4 is 10.6 Å².